The Kier molecular flexibility index (Phi) is 5.76. The van der Waals surface area contributed by atoms with Gasteiger partial charge in [-0.2, -0.15) is 13.9 Å². The first-order valence-electron chi connectivity index (χ1n) is 7.96. The van der Waals surface area contributed by atoms with Crippen molar-refractivity contribution in [2.75, 3.05) is 5.32 Å². The molecule has 3 rings (SSSR count). The van der Waals surface area contributed by atoms with Crippen LogP contribution in [0.15, 0.2) is 42.6 Å². The maximum Gasteiger partial charge on any atom is 0.387 e. The molecule has 1 amide bonds. The van der Waals surface area contributed by atoms with Crippen LogP contribution in [0.2, 0.25) is 0 Å². The lowest BCUT2D eigenvalue weighted by Crippen LogP contribution is -2.14. The number of anilines is 1. The monoisotopic (exact) mass is 415 g/mol. The van der Waals surface area contributed by atoms with Gasteiger partial charge >= 0.3 is 6.61 Å². The molecule has 1 aromatic heterocycles. The summed E-state index contributed by atoms with van der Waals surface area (Å²) in [5, 5.41) is 6.19. The fourth-order valence-corrected chi connectivity index (χ4v) is 2.44. The van der Waals surface area contributed by atoms with Gasteiger partial charge in [0.05, 0.1) is 12.1 Å². The van der Waals surface area contributed by atoms with Crippen LogP contribution in [0.25, 0.3) is 0 Å². The van der Waals surface area contributed by atoms with Gasteiger partial charge in [-0.3, -0.25) is 9.48 Å². The van der Waals surface area contributed by atoms with E-state index >= 15 is 0 Å². The van der Waals surface area contributed by atoms with Gasteiger partial charge in [-0.25, -0.2) is 17.6 Å². The standard InChI is InChI=1S/C18H11F6N3O2/c19-12-7-13(20)16(22)11(15(12)21)8-27-5-4-14(26-27)25-17(28)9-2-1-3-10(6-9)29-18(23)24/h1-7,18H,8H2,(H,25,26,28). The summed E-state index contributed by atoms with van der Waals surface area (Å²) < 4.78 is 83.7. The molecule has 0 aliphatic rings. The van der Waals surface area contributed by atoms with E-state index in [1.807, 2.05) is 0 Å². The quantitative estimate of drug-likeness (QED) is 0.481. The Morgan fingerprint density at radius 3 is 2.41 bits per heavy atom. The Hall–Kier alpha value is -3.50. The lowest BCUT2D eigenvalue weighted by atomic mass is 10.2. The minimum atomic E-state index is -3.06. The third-order valence-electron chi connectivity index (χ3n) is 3.73. The average Bonchev–Trinajstić information content (AvgIpc) is 3.10. The first-order chi connectivity index (χ1) is 13.7. The van der Waals surface area contributed by atoms with Crippen LogP contribution in [0.1, 0.15) is 15.9 Å². The van der Waals surface area contributed by atoms with Crippen molar-refractivity contribution in [3.8, 4) is 5.75 Å². The number of nitrogens with one attached hydrogen (secondary N) is 1. The highest BCUT2D eigenvalue weighted by molar-refractivity contribution is 6.03. The van der Waals surface area contributed by atoms with Crippen LogP contribution in [0.5, 0.6) is 5.75 Å². The number of benzene rings is 2. The van der Waals surface area contributed by atoms with Crippen molar-refractivity contribution in [1.82, 2.24) is 9.78 Å². The van der Waals surface area contributed by atoms with E-state index in [0.717, 1.165) is 10.7 Å². The van der Waals surface area contributed by atoms with Crippen LogP contribution in [0.4, 0.5) is 32.2 Å². The SMILES string of the molecule is O=C(Nc1ccn(Cc2c(F)c(F)cc(F)c2F)n1)c1cccc(OC(F)F)c1. The van der Waals surface area contributed by atoms with Crippen molar-refractivity contribution in [2.45, 2.75) is 13.2 Å². The van der Waals surface area contributed by atoms with Crippen molar-refractivity contribution in [2.24, 2.45) is 0 Å². The van der Waals surface area contributed by atoms with Crippen LogP contribution in [0.3, 0.4) is 0 Å². The van der Waals surface area contributed by atoms with Crippen LogP contribution in [-0.4, -0.2) is 22.3 Å². The molecule has 3 aromatic rings. The normalized spacial score (nSPS) is 11.0. The summed E-state index contributed by atoms with van der Waals surface area (Å²) in [6, 6.07) is 6.34. The number of hydrogen-bond donors (Lipinski definition) is 1. The lowest BCUT2D eigenvalue weighted by molar-refractivity contribution is -0.0498. The van der Waals surface area contributed by atoms with Crippen molar-refractivity contribution < 1.29 is 35.9 Å². The highest BCUT2D eigenvalue weighted by atomic mass is 19.3. The first kappa shape index (κ1) is 20.2. The molecule has 0 aliphatic heterocycles. The Morgan fingerprint density at radius 2 is 1.76 bits per heavy atom. The molecule has 0 unspecified atom stereocenters. The smallest absolute Gasteiger partial charge is 0.387 e. The molecule has 1 heterocycles. The summed E-state index contributed by atoms with van der Waals surface area (Å²) in [7, 11) is 0. The average molecular weight is 415 g/mol. The van der Waals surface area contributed by atoms with Gasteiger partial charge in [0.1, 0.15) is 5.75 Å². The molecule has 0 saturated carbocycles. The van der Waals surface area contributed by atoms with E-state index in [4.69, 9.17) is 0 Å². The van der Waals surface area contributed by atoms with E-state index in [-0.39, 0.29) is 23.2 Å². The van der Waals surface area contributed by atoms with E-state index in [1.165, 1.54) is 30.5 Å². The molecule has 0 fully saturated rings. The molecule has 152 valence electrons. The summed E-state index contributed by atoms with van der Waals surface area (Å²) in [5.74, 6) is -7.20. The van der Waals surface area contributed by atoms with E-state index in [2.05, 4.69) is 15.2 Å². The van der Waals surface area contributed by atoms with Gasteiger partial charge in [-0.15, -0.1) is 0 Å². The fourth-order valence-electron chi connectivity index (χ4n) is 2.44. The number of aromatic nitrogens is 2. The summed E-state index contributed by atoms with van der Waals surface area (Å²) in [5.41, 5.74) is -0.887. The second-order valence-electron chi connectivity index (χ2n) is 5.71. The molecule has 0 aliphatic carbocycles. The molecule has 5 nitrogen and oxygen atoms in total. The minimum Gasteiger partial charge on any atom is -0.435 e. The summed E-state index contributed by atoms with van der Waals surface area (Å²) in [4.78, 5) is 12.2. The molecule has 1 N–H and O–H groups in total. The maximum atomic E-state index is 13.7. The number of halogens is 6. The van der Waals surface area contributed by atoms with Crippen LogP contribution in [-0.2, 0) is 6.54 Å². The van der Waals surface area contributed by atoms with Gasteiger partial charge in [0.2, 0.25) is 0 Å². The molecule has 2 aromatic carbocycles. The topological polar surface area (TPSA) is 56.2 Å². The van der Waals surface area contributed by atoms with Crippen LogP contribution >= 0.6 is 0 Å². The summed E-state index contributed by atoms with van der Waals surface area (Å²) >= 11 is 0. The molecule has 0 atom stereocenters. The second-order valence-corrected chi connectivity index (χ2v) is 5.71. The number of hydrogen-bond acceptors (Lipinski definition) is 3. The third kappa shape index (κ3) is 4.68. The van der Waals surface area contributed by atoms with Crippen LogP contribution < -0.4 is 10.1 Å². The lowest BCUT2D eigenvalue weighted by Gasteiger charge is -2.08. The molecule has 29 heavy (non-hydrogen) atoms. The highest BCUT2D eigenvalue weighted by Crippen LogP contribution is 2.21. The van der Waals surface area contributed by atoms with Gasteiger partial charge in [-0.1, -0.05) is 6.07 Å². The van der Waals surface area contributed by atoms with Gasteiger partial charge in [0, 0.05) is 23.9 Å². The van der Waals surface area contributed by atoms with Gasteiger partial charge in [0.15, 0.2) is 29.1 Å². The van der Waals surface area contributed by atoms with E-state index in [1.54, 1.807) is 0 Å². The van der Waals surface area contributed by atoms with Crippen molar-refractivity contribution >= 4 is 11.7 Å². The summed E-state index contributed by atoms with van der Waals surface area (Å²) in [6.07, 6.45) is 1.22. The zero-order chi connectivity index (χ0) is 21.1. The largest absolute Gasteiger partial charge is 0.435 e. The molecular formula is C18H11F6N3O2. The predicted octanol–water partition coefficient (Wildman–Crippen LogP) is 4.34. The van der Waals surface area contributed by atoms with E-state index < -0.39 is 47.9 Å². The van der Waals surface area contributed by atoms with Gasteiger partial charge in [0.25, 0.3) is 5.91 Å². The Morgan fingerprint density at radius 1 is 1.07 bits per heavy atom. The van der Waals surface area contributed by atoms with Crippen molar-refractivity contribution in [3.63, 3.8) is 0 Å². The molecule has 0 spiro atoms. The first-order valence-corrected chi connectivity index (χ1v) is 7.96. The number of carbonyl (C=O) groups is 1. The van der Waals surface area contributed by atoms with Crippen molar-refractivity contribution in [3.05, 3.63) is 77.0 Å². The minimum absolute atomic E-state index is 0.0120. The fraction of sp³-hybridized carbons (Fsp3) is 0.111. The zero-order valence-electron chi connectivity index (χ0n) is 14.3. The number of carbonyl (C=O) groups excluding carboxylic acids is 1. The number of amides is 1. The van der Waals surface area contributed by atoms with Gasteiger partial charge in [-0.05, 0) is 18.2 Å². The maximum absolute atomic E-state index is 13.7. The van der Waals surface area contributed by atoms with E-state index in [0.29, 0.717) is 0 Å². The molecule has 0 radical (unpaired) electrons. The van der Waals surface area contributed by atoms with Gasteiger partial charge < -0.3 is 10.1 Å². The molecule has 0 saturated heterocycles. The van der Waals surface area contributed by atoms with E-state index in [9.17, 15) is 31.1 Å². The van der Waals surface area contributed by atoms with Crippen LogP contribution in [0, 0.1) is 23.3 Å². The predicted molar refractivity (Wildman–Crippen MR) is 88.6 cm³/mol. The van der Waals surface area contributed by atoms with Crippen molar-refractivity contribution in [1.29, 1.82) is 0 Å². The summed E-state index contributed by atoms with van der Waals surface area (Å²) in [6.45, 7) is -3.70. The molecule has 0 bridgehead atoms. The Bertz CT molecular complexity index is 1030. The zero-order valence-corrected chi connectivity index (χ0v) is 14.3. The molecule has 11 heteroatoms. The number of nitrogens with zero attached hydrogens (tertiary/aromatic N) is 2. The third-order valence-corrected chi connectivity index (χ3v) is 3.73. The number of ether oxygens (including phenoxy) is 1. The Labute approximate surface area is 159 Å². The second kappa shape index (κ2) is 8.25. The Balaban J connectivity index is 1.74. The number of alkyl halides is 2. The molecular weight excluding hydrogens is 404 g/mol. The highest BCUT2D eigenvalue weighted by Gasteiger charge is 2.20. The number of rotatable bonds is 6.